The summed E-state index contributed by atoms with van der Waals surface area (Å²) in [6, 6.07) is 1.54. The second-order valence-electron chi connectivity index (χ2n) is 8.48. The van der Waals surface area contributed by atoms with Crippen molar-refractivity contribution >= 4 is 5.69 Å². The monoisotopic (exact) mass is 414 g/mol. The second kappa shape index (κ2) is 9.57. The van der Waals surface area contributed by atoms with Gasteiger partial charge < -0.3 is 19.9 Å². The minimum Gasteiger partial charge on any atom is -0.473 e. The highest BCUT2D eigenvalue weighted by molar-refractivity contribution is 5.46. The summed E-state index contributed by atoms with van der Waals surface area (Å²) >= 11 is 0. The van der Waals surface area contributed by atoms with E-state index in [1.807, 2.05) is 10.9 Å². The standard InChI is InChI=1S/C20H32F2N4O3/c21-19(22)13-27-7-8-29-20-18(23)10-26(24-20)16-5-3-15(4-6-16)25-9-14-1-2-17(25)12-28-11-14/h10,14-17,19H,1-9,11-13,23H2. The first-order valence-corrected chi connectivity index (χ1v) is 10.8. The number of nitrogens with two attached hydrogens (primary N) is 1. The van der Waals surface area contributed by atoms with E-state index in [2.05, 4.69) is 10.00 Å². The Morgan fingerprint density at radius 1 is 1.07 bits per heavy atom. The second-order valence-corrected chi connectivity index (χ2v) is 8.48. The van der Waals surface area contributed by atoms with E-state index in [9.17, 15) is 8.78 Å². The highest BCUT2D eigenvalue weighted by atomic mass is 19.3. The molecule has 0 radical (unpaired) electrons. The van der Waals surface area contributed by atoms with Crippen LogP contribution in [0.4, 0.5) is 14.5 Å². The lowest BCUT2D eigenvalue weighted by Gasteiger charge is -2.43. The number of ether oxygens (including phenoxy) is 3. The summed E-state index contributed by atoms with van der Waals surface area (Å²) in [4.78, 5) is 2.71. The van der Waals surface area contributed by atoms with Crippen LogP contribution >= 0.6 is 0 Å². The molecule has 2 bridgehead atoms. The summed E-state index contributed by atoms with van der Waals surface area (Å²) in [6.07, 6.45) is 6.38. The Hall–Kier alpha value is -1.45. The van der Waals surface area contributed by atoms with Crippen molar-refractivity contribution in [1.82, 2.24) is 14.7 Å². The molecule has 1 aromatic rings. The quantitative estimate of drug-likeness (QED) is 0.660. The van der Waals surface area contributed by atoms with Gasteiger partial charge in [0.15, 0.2) is 0 Å². The Bertz CT molecular complexity index is 648. The molecule has 0 amide bonds. The lowest BCUT2D eigenvalue weighted by atomic mass is 9.86. The molecule has 2 atom stereocenters. The van der Waals surface area contributed by atoms with Gasteiger partial charge >= 0.3 is 0 Å². The van der Waals surface area contributed by atoms with Crippen LogP contribution in [0, 0.1) is 5.92 Å². The van der Waals surface area contributed by atoms with E-state index in [4.69, 9.17) is 19.9 Å². The Morgan fingerprint density at radius 2 is 1.83 bits per heavy atom. The van der Waals surface area contributed by atoms with Crippen molar-refractivity contribution < 1.29 is 23.0 Å². The lowest BCUT2D eigenvalue weighted by molar-refractivity contribution is 0.00717. The molecule has 4 aliphatic rings. The van der Waals surface area contributed by atoms with Crippen molar-refractivity contribution in [2.45, 2.75) is 63.1 Å². The summed E-state index contributed by atoms with van der Waals surface area (Å²) in [6.45, 7) is 2.64. The number of fused-ring (bicyclic) bond motifs is 4. The molecule has 5 rings (SSSR count). The van der Waals surface area contributed by atoms with Gasteiger partial charge in [-0.2, -0.15) is 0 Å². The van der Waals surface area contributed by atoms with Gasteiger partial charge in [-0.25, -0.2) is 8.78 Å². The van der Waals surface area contributed by atoms with Gasteiger partial charge in [-0.1, -0.05) is 0 Å². The van der Waals surface area contributed by atoms with Crippen molar-refractivity contribution in [1.29, 1.82) is 0 Å². The summed E-state index contributed by atoms with van der Waals surface area (Å²) < 4.78 is 42.2. The van der Waals surface area contributed by atoms with Gasteiger partial charge in [0.05, 0.1) is 32.1 Å². The van der Waals surface area contributed by atoms with Gasteiger partial charge in [0.1, 0.15) is 18.9 Å². The molecular formula is C20H32F2N4O3. The number of halogens is 2. The van der Waals surface area contributed by atoms with Crippen LogP contribution in [-0.2, 0) is 9.47 Å². The molecule has 1 aliphatic carbocycles. The van der Waals surface area contributed by atoms with E-state index in [1.54, 1.807) is 0 Å². The minimum atomic E-state index is -2.47. The van der Waals surface area contributed by atoms with Gasteiger partial charge in [-0.15, -0.1) is 5.10 Å². The molecule has 164 valence electrons. The molecule has 0 spiro atoms. The SMILES string of the molecule is Nc1cn(C2CCC(N3CC4CCC3COC4)CC2)nc1OCCOCC(F)F. The van der Waals surface area contributed by atoms with E-state index in [-0.39, 0.29) is 13.2 Å². The van der Waals surface area contributed by atoms with Crippen LogP contribution in [0.25, 0.3) is 0 Å². The van der Waals surface area contributed by atoms with Crippen LogP contribution in [0.1, 0.15) is 44.6 Å². The molecule has 3 aliphatic heterocycles. The minimum absolute atomic E-state index is 0.0868. The Kier molecular flexibility index (Phi) is 6.87. The maximum atomic E-state index is 12.1. The molecule has 2 N–H and O–H groups in total. The fourth-order valence-corrected chi connectivity index (χ4v) is 4.98. The first kappa shape index (κ1) is 20.8. The predicted octanol–water partition coefficient (Wildman–Crippen LogP) is 2.72. The summed E-state index contributed by atoms with van der Waals surface area (Å²) in [5.41, 5.74) is 6.50. The molecular weight excluding hydrogens is 382 g/mol. The number of rotatable bonds is 8. The van der Waals surface area contributed by atoms with Crippen molar-refractivity contribution in [3.63, 3.8) is 0 Å². The maximum Gasteiger partial charge on any atom is 0.261 e. The third kappa shape index (κ3) is 5.19. The normalized spacial score (nSPS) is 30.6. The highest BCUT2D eigenvalue weighted by Crippen LogP contribution is 2.37. The van der Waals surface area contributed by atoms with Crippen molar-refractivity contribution in [3.05, 3.63) is 6.20 Å². The van der Waals surface area contributed by atoms with E-state index >= 15 is 0 Å². The largest absolute Gasteiger partial charge is 0.473 e. The summed E-state index contributed by atoms with van der Waals surface area (Å²) in [5.74, 6) is 1.05. The molecule has 7 nitrogen and oxygen atoms in total. The van der Waals surface area contributed by atoms with Crippen LogP contribution < -0.4 is 10.5 Å². The van der Waals surface area contributed by atoms with Crippen LogP contribution in [0.3, 0.4) is 0 Å². The third-order valence-corrected chi connectivity index (χ3v) is 6.45. The third-order valence-electron chi connectivity index (χ3n) is 6.45. The smallest absolute Gasteiger partial charge is 0.261 e. The van der Waals surface area contributed by atoms with Gasteiger partial charge in [0, 0.05) is 18.6 Å². The van der Waals surface area contributed by atoms with Crippen LogP contribution in [0.15, 0.2) is 6.20 Å². The number of aromatic nitrogens is 2. The first-order valence-electron chi connectivity index (χ1n) is 10.8. The van der Waals surface area contributed by atoms with Crippen LogP contribution in [-0.4, -0.2) is 72.8 Å². The summed E-state index contributed by atoms with van der Waals surface area (Å²) in [5, 5.41) is 4.49. The molecule has 3 saturated heterocycles. The first-order chi connectivity index (χ1) is 14.1. The maximum absolute atomic E-state index is 12.1. The highest BCUT2D eigenvalue weighted by Gasteiger charge is 2.37. The Labute approximate surface area is 170 Å². The number of hydrogen-bond donors (Lipinski definition) is 1. The fraction of sp³-hybridized carbons (Fsp3) is 0.850. The van der Waals surface area contributed by atoms with Crippen LogP contribution in [0.2, 0.25) is 0 Å². The number of anilines is 1. The molecule has 1 saturated carbocycles. The van der Waals surface area contributed by atoms with Gasteiger partial charge in [-0.05, 0) is 44.4 Å². The molecule has 2 unspecified atom stereocenters. The molecule has 4 fully saturated rings. The van der Waals surface area contributed by atoms with E-state index in [0.717, 1.165) is 38.9 Å². The molecule has 0 aromatic carbocycles. The van der Waals surface area contributed by atoms with Gasteiger partial charge in [0.25, 0.3) is 12.3 Å². The number of alkyl halides is 2. The van der Waals surface area contributed by atoms with Crippen molar-refractivity contribution in [2.24, 2.45) is 5.92 Å². The average molecular weight is 414 g/mol. The predicted molar refractivity (Wildman–Crippen MR) is 104 cm³/mol. The lowest BCUT2D eigenvalue weighted by Crippen LogP contribution is -2.50. The molecule has 9 heteroatoms. The van der Waals surface area contributed by atoms with E-state index in [1.165, 1.54) is 19.4 Å². The Morgan fingerprint density at radius 3 is 2.62 bits per heavy atom. The average Bonchev–Trinajstić information content (AvgIpc) is 2.88. The zero-order valence-corrected chi connectivity index (χ0v) is 16.8. The number of nitrogen functional groups attached to an aromatic ring is 1. The number of nitrogens with zero attached hydrogens (tertiary/aromatic N) is 3. The van der Waals surface area contributed by atoms with E-state index in [0.29, 0.717) is 35.6 Å². The number of piperidine rings is 1. The molecule has 29 heavy (non-hydrogen) atoms. The topological polar surface area (TPSA) is 74.8 Å². The fourth-order valence-electron chi connectivity index (χ4n) is 4.98. The van der Waals surface area contributed by atoms with Gasteiger partial charge in [0.2, 0.25) is 0 Å². The number of hydrogen-bond acceptors (Lipinski definition) is 6. The zero-order valence-electron chi connectivity index (χ0n) is 16.8. The van der Waals surface area contributed by atoms with Gasteiger partial charge in [-0.3, -0.25) is 9.58 Å². The van der Waals surface area contributed by atoms with Crippen LogP contribution in [0.5, 0.6) is 5.88 Å². The van der Waals surface area contributed by atoms with E-state index < -0.39 is 13.0 Å². The van der Waals surface area contributed by atoms with Crippen molar-refractivity contribution in [2.75, 3.05) is 45.3 Å². The van der Waals surface area contributed by atoms with Crippen molar-refractivity contribution in [3.8, 4) is 5.88 Å². The summed E-state index contributed by atoms with van der Waals surface area (Å²) in [7, 11) is 0. The Balaban J connectivity index is 1.25. The molecule has 1 aromatic heterocycles. The zero-order chi connectivity index (χ0) is 20.2. The molecule has 4 heterocycles.